The van der Waals surface area contributed by atoms with Gasteiger partial charge in [0.15, 0.2) is 0 Å². The summed E-state index contributed by atoms with van der Waals surface area (Å²) >= 11 is 0. The highest BCUT2D eigenvalue weighted by molar-refractivity contribution is 5.92. The molecule has 1 aromatic carbocycles. The normalized spacial score (nSPS) is 10.3. The predicted molar refractivity (Wildman–Crippen MR) is 79.0 cm³/mol. The highest BCUT2D eigenvalue weighted by Gasteiger charge is 2.15. The van der Waals surface area contributed by atoms with E-state index in [1.54, 1.807) is 12.1 Å². The number of hydrogen-bond donors (Lipinski definition) is 2. The number of carbonyl (C=O) groups is 2. The van der Waals surface area contributed by atoms with Crippen LogP contribution in [0.25, 0.3) is 0 Å². The van der Waals surface area contributed by atoms with E-state index in [1.165, 1.54) is 7.11 Å². The van der Waals surface area contributed by atoms with Gasteiger partial charge in [0.1, 0.15) is 11.3 Å². The molecule has 0 spiro atoms. The van der Waals surface area contributed by atoms with Crippen molar-refractivity contribution in [3.05, 3.63) is 29.3 Å². The SMILES string of the molecule is COc1cccc(CCCCCCCC(=O)O)c1C(=O)O. The maximum Gasteiger partial charge on any atom is 0.339 e. The average Bonchev–Trinajstić information content (AvgIpc) is 2.45. The summed E-state index contributed by atoms with van der Waals surface area (Å²) < 4.78 is 5.09. The van der Waals surface area contributed by atoms with E-state index in [4.69, 9.17) is 9.84 Å². The van der Waals surface area contributed by atoms with Crippen molar-refractivity contribution in [3.63, 3.8) is 0 Å². The fourth-order valence-corrected chi connectivity index (χ4v) is 2.32. The Morgan fingerprint density at radius 1 is 1.05 bits per heavy atom. The van der Waals surface area contributed by atoms with Crippen molar-refractivity contribution in [3.8, 4) is 5.75 Å². The van der Waals surface area contributed by atoms with E-state index >= 15 is 0 Å². The van der Waals surface area contributed by atoms with E-state index in [1.807, 2.05) is 6.07 Å². The summed E-state index contributed by atoms with van der Waals surface area (Å²) in [5, 5.41) is 17.8. The summed E-state index contributed by atoms with van der Waals surface area (Å²) in [4.78, 5) is 21.7. The molecule has 0 fully saturated rings. The number of benzene rings is 1. The first kappa shape index (κ1) is 17.0. The van der Waals surface area contributed by atoms with Crippen LogP contribution >= 0.6 is 0 Å². The predicted octanol–water partition coefficient (Wildman–Crippen LogP) is 3.36. The van der Waals surface area contributed by atoms with Crippen molar-refractivity contribution in [2.24, 2.45) is 0 Å². The number of hydrogen-bond acceptors (Lipinski definition) is 3. The van der Waals surface area contributed by atoms with Crippen LogP contribution < -0.4 is 4.74 Å². The Morgan fingerprint density at radius 3 is 2.33 bits per heavy atom. The Balaban J connectivity index is 2.42. The van der Waals surface area contributed by atoms with Gasteiger partial charge in [0.2, 0.25) is 0 Å². The molecule has 2 N–H and O–H groups in total. The largest absolute Gasteiger partial charge is 0.496 e. The lowest BCUT2D eigenvalue weighted by Crippen LogP contribution is -2.05. The molecular weight excluding hydrogens is 272 g/mol. The second-order valence-corrected chi connectivity index (χ2v) is 4.96. The van der Waals surface area contributed by atoms with Crippen molar-refractivity contribution in [2.75, 3.05) is 7.11 Å². The van der Waals surface area contributed by atoms with Crippen LogP contribution in [0.5, 0.6) is 5.75 Å². The van der Waals surface area contributed by atoms with Gasteiger partial charge in [-0.05, 0) is 30.9 Å². The molecule has 5 heteroatoms. The van der Waals surface area contributed by atoms with Gasteiger partial charge in [-0.25, -0.2) is 4.79 Å². The maximum absolute atomic E-state index is 11.3. The fraction of sp³-hybridized carbons (Fsp3) is 0.500. The van der Waals surface area contributed by atoms with E-state index < -0.39 is 11.9 Å². The molecule has 116 valence electrons. The fourth-order valence-electron chi connectivity index (χ4n) is 2.32. The van der Waals surface area contributed by atoms with Crippen molar-refractivity contribution in [2.45, 2.75) is 44.9 Å². The van der Waals surface area contributed by atoms with Gasteiger partial charge in [-0.2, -0.15) is 0 Å². The van der Waals surface area contributed by atoms with Crippen molar-refractivity contribution < 1.29 is 24.5 Å². The van der Waals surface area contributed by atoms with Crippen molar-refractivity contribution in [1.82, 2.24) is 0 Å². The lowest BCUT2D eigenvalue weighted by molar-refractivity contribution is -0.137. The van der Waals surface area contributed by atoms with Gasteiger partial charge < -0.3 is 14.9 Å². The van der Waals surface area contributed by atoms with E-state index in [2.05, 4.69) is 0 Å². The lowest BCUT2D eigenvalue weighted by Gasteiger charge is -2.10. The third kappa shape index (κ3) is 5.85. The van der Waals surface area contributed by atoms with Crippen LogP contribution in [0, 0.1) is 0 Å². The molecule has 0 aliphatic carbocycles. The molecule has 0 saturated heterocycles. The number of aromatic carboxylic acids is 1. The molecule has 0 saturated carbocycles. The van der Waals surface area contributed by atoms with Gasteiger partial charge >= 0.3 is 11.9 Å². The second kappa shape index (κ2) is 9.00. The van der Waals surface area contributed by atoms with Crippen LogP contribution in [0.4, 0.5) is 0 Å². The van der Waals surface area contributed by atoms with Gasteiger partial charge in [-0.3, -0.25) is 4.79 Å². The second-order valence-electron chi connectivity index (χ2n) is 4.96. The van der Waals surface area contributed by atoms with Gasteiger partial charge in [0.25, 0.3) is 0 Å². The number of carboxylic acids is 2. The molecule has 1 rings (SSSR count). The smallest absolute Gasteiger partial charge is 0.339 e. The summed E-state index contributed by atoms with van der Waals surface area (Å²) in [6.45, 7) is 0. The van der Waals surface area contributed by atoms with Crippen LogP contribution in [0.3, 0.4) is 0 Å². The van der Waals surface area contributed by atoms with Gasteiger partial charge in [0, 0.05) is 6.42 Å². The highest BCUT2D eigenvalue weighted by atomic mass is 16.5. The van der Waals surface area contributed by atoms with E-state index in [0.717, 1.165) is 31.2 Å². The molecule has 0 aliphatic heterocycles. The first-order chi connectivity index (χ1) is 10.1. The molecule has 0 heterocycles. The third-order valence-electron chi connectivity index (χ3n) is 3.38. The average molecular weight is 294 g/mol. The molecule has 0 bridgehead atoms. The Morgan fingerprint density at radius 2 is 1.71 bits per heavy atom. The first-order valence-electron chi connectivity index (χ1n) is 7.17. The maximum atomic E-state index is 11.3. The molecular formula is C16H22O5. The molecule has 0 unspecified atom stereocenters. The molecule has 0 aromatic heterocycles. The van der Waals surface area contributed by atoms with E-state index in [0.29, 0.717) is 18.6 Å². The zero-order valence-electron chi connectivity index (χ0n) is 12.3. The van der Waals surface area contributed by atoms with Gasteiger partial charge in [-0.1, -0.05) is 31.4 Å². The molecule has 0 radical (unpaired) electrons. The Kier molecular flexibility index (Phi) is 7.29. The molecule has 0 atom stereocenters. The molecule has 21 heavy (non-hydrogen) atoms. The Hall–Kier alpha value is -2.04. The zero-order valence-corrected chi connectivity index (χ0v) is 12.3. The minimum absolute atomic E-state index is 0.221. The zero-order chi connectivity index (χ0) is 15.7. The third-order valence-corrected chi connectivity index (χ3v) is 3.38. The molecule has 5 nitrogen and oxygen atoms in total. The number of rotatable bonds is 10. The van der Waals surface area contributed by atoms with Crippen LogP contribution in [-0.4, -0.2) is 29.3 Å². The number of aliphatic carboxylic acids is 1. The summed E-state index contributed by atoms with van der Waals surface area (Å²) in [7, 11) is 1.47. The first-order valence-corrected chi connectivity index (χ1v) is 7.17. The minimum atomic E-state index is -0.969. The molecule has 0 amide bonds. The highest BCUT2D eigenvalue weighted by Crippen LogP contribution is 2.24. The monoisotopic (exact) mass is 294 g/mol. The Bertz CT molecular complexity index is 482. The summed E-state index contributed by atoms with van der Waals surface area (Å²) in [5.41, 5.74) is 1.03. The van der Waals surface area contributed by atoms with Crippen LogP contribution in [0.1, 0.15) is 54.4 Å². The number of ether oxygens (including phenoxy) is 1. The molecule has 1 aromatic rings. The van der Waals surface area contributed by atoms with E-state index in [-0.39, 0.29) is 12.0 Å². The van der Waals surface area contributed by atoms with E-state index in [9.17, 15) is 14.7 Å². The van der Waals surface area contributed by atoms with Crippen molar-refractivity contribution in [1.29, 1.82) is 0 Å². The quantitative estimate of drug-likeness (QED) is 0.646. The van der Waals surface area contributed by atoms with Crippen LogP contribution in [-0.2, 0) is 11.2 Å². The number of aryl methyl sites for hydroxylation is 1. The Labute approximate surface area is 124 Å². The minimum Gasteiger partial charge on any atom is -0.496 e. The van der Waals surface area contributed by atoms with Gasteiger partial charge in [0.05, 0.1) is 7.11 Å². The standard InChI is InChI=1S/C16H22O5/c1-21-13-10-7-9-12(15(13)16(19)20)8-5-3-2-4-6-11-14(17)18/h7,9-10H,2-6,8,11H2,1H3,(H,17,18)(H,19,20). The molecule has 0 aliphatic rings. The number of methoxy groups -OCH3 is 1. The van der Waals surface area contributed by atoms with Gasteiger partial charge in [-0.15, -0.1) is 0 Å². The number of unbranched alkanes of at least 4 members (excludes halogenated alkanes) is 4. The summed E-state index contributed by atoms with van der Waals surface area (Å²) in [5.74, 6) is -1.33. The summed E-state index contributed by atoms with van der Waals surface area (Å²) in [6, 6.07) is 5.27. The van der Waals surface area contributed by atoms with Crippen LogP contribution in [0.2, 0.25) is 0 Å². The van der Waals surface area contributed by atoms with Crippen molar-refractivity contribution >= 4 is 11.9 Å². The number of carboxylic acid groups (broad SMARTS) is 2. The van der Waals surface area contributed by atoms with Crippen LogP contribution in [0.15, 0.2) is 18.2 Å². The topological polar surface area (TPSA) is 83.8 Å². The lowest BCUT2D eigenvalue weighted by atomic mass is 9.99. The summed E-state index contributed by atoms with van der Waals surface area (Å²) in [6.07, 6.45) is 5.35.